The van der Waals surface area contributed by atoms with Gasteiger partial charge < -0.3 is 0 Å². The molecule has 0 aliphatic rings. The van der Waals surface area contributed by atoms with Crippen molar-refractivity contribution >= 4 is 38.6 Å². The minimum atomic E-state index is 0.542. The lowest BCUT2D eigenvalue weighted by Gasteiger charge is -1.95. The molecule has 0 amide bonds. The summed E-state index contributed by atoms with van der Waals surface area (Å²) in [5.41, 5.74) is 0.904. The van der Waals surface area contributed by atoms with E-state index in [1.54, 1.807) is 0 Å². The third kappa shape index (κ3) is 1.32. The van der Waals surface area contributed by atoms with E-state index in [1.807, 2.05) is 18.2 Å². The van der Waals surface area contributed by atoms with Gasteiger partial charge in [0.15, 0.2) is 11.3 Å². The van der Waals surface area contributed by atoms with Gasteiger partial charge in [-0.3, -0.25) is 4.79 Å². The number of rotatable bonds is 1. The Kier molecular flexibility index (Phi) is 1.79. The Hall–Kier alpha value is -1.74. The molecule has 72 valence electrons. The lowest BCUT2D eigenvalue weighted by molar-refractivity contribution is 0.112. The Balaban J connectivity index is 2.44. The molecule has 0 aliphatic carbocycles. The van der Waals surface area contributed by atoms with Crippen LogP contribution >= 0.6 is 11.3 Å². The van der Waals surface area contributed by atoms with Crippen molar-refractivity contribution in [2.75, 3.05) is 0 Å². The number of aromatic nitrogens is 1. The van der Waals surface area contributed by atoms with E-state index in [0.29, 0.717) is 5.01 Å². The SMILES string of the molecule is O=Cc1nc2cc3ccccc3cc2s1. The highest BCUT2D eigenvalue weighted by Gasteiger charge is 2.03. The molecule has 3 aromatic rings. The normalized spacial score (nSPS) is 10.9. The molecule has 0 saturated heterocycles. The van der Waals surface area contributed by atoms with Crippen LogP contribution in [-0.4, -0.2) is 11.3 Å². The van der Waals surface area contributed by atoms with Crippen molar-refractivity contribution in [3.8, 4) is 0 Å². The highest BCUT2D eigenvalue weighted by atomic mass is 32.1. The summed E-state index contributed by atoms with van der Waals surface area (Å²) < 4.78 is 1.07. The first-order valence-electron chi connectivity index (χ1n) is 4.61. The molecule has 1 aromatic heterocycles. The van der Waals surface area contributed by atoms with Gasteiger partial charge in [-0.05, 0) is 22.9 Å². The van der Waals surface area contributed by atoms with Crippen LogP contribution in [0.3, 0.4) is 0 Å². The van der Waals surface area contributed by atoms with Gasteiger partial charge in [0.1, 0.15) is 0 Å². The summed E-state index contributed by atoms with van der Waals surface area (Å²) in [5.74, 6) is 0. The molecule has 0 bridgehead atoms. The Bertz CT molecular complexity index is 604. The van der Waals surface area contributed by atoms with Crippen LogP contribution in [0.5, 0.6) is 0 Å². The maximum Gasteiger partial charge on any atom is 0.178 e. The molecule has 3 heteroatoms. The number of nitrogens with zero attached hydrogens (tertiary/aromatic N) is 1. The second-order valence-corrected chi connectivity index (χ2v) is 4.40. The zero-order chi connectivity index (χ0) is 10.3. The number of fused-ring (bicyclic) bond motifs is 2. The Morgan fingerprint density at radius 2 is 1.87 bits per heavy atom. The Morgan fingerprint density at radius 1 is 1.13 bits per heavy atom. The molecule has 1 heterocycles. The van der Waals surface area contributed by atoms with Crippen LogP contribution in [0, 0.1) is 0 Å². The van der Waals surface area contributed by atoms with Gasteiger partial charge in [-0.2, -0.15) is 0 Å². The summed E-state index contributed by atoms with van der Waals surface area (Å²) >= 11 is 1.43. The van der Waals surface area contributed by atoms with Gasteiger partial charge in [0, 0.05) is 0 Å². The fraction of sp³-hybridized carbons (Fsp3) is 0. The molecule has 15 heavy (non-hydrogen) atoms. The fourth-order valence-corrected chi connectivity index (χ4v) is 2.49. The summed E-state index contributed by atoms with van der Waals surface area (Å²) in [6.07, 6.45) is 0.801. The Morgan fingerprint density at radius 3 is 2.60 bits per heavy atom. The molecule has 0 unspecified atom stereocenters. The molecule has 0 atom stereocenters. The maximum absolute atomic E-state index is 10.6. The number of carbonyl (C=O) groups is 1. The Labute approximate surface area is 90.2 Å². The van der Waals surface area contributed by atoms with Gasteiger partial charge in [0.2, 0.25) is 0 Å². The number of thiazole rings is 1. The van der Waals surface area contributed by atoms with E-state index in [2.05, 4.69) is 23.2 Å². The third-order valence-corrected chi connectivity index (χ3v) is 3.32. The lowest BCUT2D eigenvalue weighted by Crippen LogP contribution is -1.74. The van der Waals surface area contributed by atoms with Crippen molar-refractivity contribution in [1.29, 1.82) is 0 Å². The molecule has 2 aromatic carbocycles. The predicted octanol–water partition coefficient (Wildman–Crippen LogP) is 3.26. The van der Waals surface area contributed by atoms with Crippen molar-refractivity contribution in [2.45, 2.75) is 0 Å². The van der Waals surface area contributed by atoms with Crippen LogP contribution in [0.4, 0.5) is 0 Å². The summed E-state index contributed by atoms with van der Waals surface area (Å²) in [4.78, 5) is 14.8. The molecular weight excluding hydrogens is 206 g/mol. The first-order chi connectivity index (χ1) is 7.36. The molecule has 0 N–H and O–H groups in total. The molecule has 0 fully saturated rings. The number of carbonyl (C=O) groups excluding carboxylic acids is 1. The van der Waals surface area contributed by atoms with Gasteiger partial charge in [-0.1, -0.05) is 24.3 Å². The van der Waals surface area contributed by atoms with Gasteiger partial charge >= 0.3 is 0 Å². The van der Waals surface area contributed by atoms with Crippen LogP contribution in [0.1, 0.15) is 9.80 Å². The van der Waals surface area contributed by atoms with E-state index in [4.69, 9.17) is 0 Å². The van der Waals surface area contributed by atoms with Crippen molar-refractivity contribution in [3.63, 3.8) is 0 Å². The third-order valence-electron chi connectivity index (χ3n) is 2.37. The van der Waals surface area contributed by atoms with E-state index in [-0.39, 0.29) is 0 Å². The smallest absolute Gasteiger partial charge is 0.178 e. The molecule has 3 rings (SSSR count). The summed E-state index contributed by atoms with van der Waals surface area (Å²) in [6, 6.07) is 12.2. The molecule has 0 spiro atoms. The molecule has 2 nitrogen and oxygen atoms in total. The molecule has 0 radical (unpaired) electrons. The van der Waals surface area contributed by atoms with E-state index in [0.717, 1.165) is 21.9 Å². The number of hydrogen-bond donors (Lipinski definition) is 0. The van der Waals surface area contributed by atoms with Gasteiger partial charge in [0.25, 0.3) is 0 Å². The quantitative estimate of drug-likeness (QED) is 0.581. The van der Waals surface area contributed by atoms with Gasteiger partial charge in [-0.15, -0.1) is 11.3 Å². The average Bonchev–Trinajstić information content (AvgIpc) is 2.67. The lowest BCUT2D eigenvalue weighted by atomic mass is 10.1. The van der Waals surface area contributed by atoms with Crippen LogP contribution in [0.2, 0.25) is 0 Å². The first-order valence-corrected chi connectivity index (χ1v) is 5.43. The zero-order valence-electron chi connectivity index (χ0n) is 7.81. The largest absolute Gasteiger partial charge is 0.295 e. The van der Waals surface area contributed by atoms with Gasteiger partial charge in [0.05, 0.1) is 10.2 Å². The molecular formula is C12H7NOS. The van der Waals surface area contributed by atoms with Crippen molar-refractivity contribution in [1.82, 2.24) is 4.98 Å². The molecule has 0 saturated carbocycles. The highest BCUT2D eigenvalue weighted by molar-refractivity contribution is 7.20. The topological polar surface area (TPSA) is 30.0 Å². The van der Waals surface area contributed by atoms with Crippen LogP contribution < -0.4 is 0 Å². The van der Waals surface area contributed by atoms with Gasteiger partial charge in [-0.25, -0.2) is 4.98 Å². The molecule has 0 aliphatic heterocycles. The van der Waals surface area contributed by atoms with E-state index in [9.17, 15) is 4.79 Å². The second kappa shape index (κ2) is 3.14. The predicted molar refractivity (Wildman–Crippen MR) is 62.5 cm³/mol. The highest BCUT2D eigenvalue weighted by Crippen LogP contribution is 2.26. The van der Waals surface area contributed by atoms with Crippen LogP contribution in [0.15, 0.2) is 36.4 Å². The maximum atomic E-state index is 10.6. The number of aldehydes is 1. The van der Waals surface area contributed by atoms with Crippen LogP contribution in [-0.2, 0) is 0 Å². The minimum absolute atomic E-state index is 0.542. The zero-order valence-corrected chi connectivity index (χ0v) is 8.62. The minimum Gasteiger partial charge on any atom is -0.295 e. The van der Waals surface area contributed by atoms with E-state index >= 15 is 0 Å². The number of benzene rings is 2. The second-order valence-electron chi connectivity index (χ2n) is 3.34. The summed E-state index contributed by atoms with van der Waals surface area (Å²) in [6.45, 7) is 0. The van der Waals surface area contributed by atoms with E-state index < -0.39 is 0 Å². The monoisotopic (exact) mass is 213 g/mol. The first kappa shape index (κ1) is 8.56. The average molecular weight is 213 g/mol. The van der Waals surface area contributed by atoms with Crippen molar-refractivity contribution in [3.05, 3.63) is 41.4 Å². The fourth-order valence-electron chi connectivity index (χ4n) is 1.68. The standard InChI is InChI=1S/C12H7NOS/c14-7-12-13-10-5-8-3-1-2-4-9(8)6-11(10)15-12/h1-7H. The van der Waals surface area contributed by atoms with Crippen LogP contribution in [0.25, 0.3) is 21.0 Å². The summed E-state index contributed by atoms with van der Waals surface area (Å²) in [7, 11) is 0. The number of hydrogen-bond acceptors (Lipinski definition) is 3. The van der Waals surface area contributed by atoms with Crippen molar-refractivity contribution in [2.24, 2.45) is 0 Å². The van der Waals surface area contributed by atoms with Crippen molar-refractivity contribution < 1.29 is 4.79 Å². The summed E-state index contributed by atoms with van der Waals surface area (Å²) in [5, 5.41) is 2.89. The van der Waals surface area contributed by atoms with E-state index in [1.165, 1.54) is 16.7 Å².